The van der Waals surface area contributed by atoms with Crippen molar-refractivity contribution >= 4 is 22.6 Å². The van der Waals surface area contributed by atoms with Gasteiger partial charge in [0.15, 0.2) is 5.78 Å². The van der Waals surface area contributed by atoms with Crippen molar-refractivity contribution in [2.75, 3.05) is 18.1 Å². The van der Waals surface area contributed by atoms with Crippen LogP contribution in [0.2, 0.25) is 0 Å². The number of hydrogen-bond donors (Lipinski definition) is 0. The maximum absolute atomic E-state index is 11.7. The summed E-state index contributed by atoms with van der Waals surface area (Å²) in [5, 5.41) is 0. The van der Waals surface area contributed by atoms with Crippen molar-refractivity contribution in [2.45, 2.75) is 27.7 Å². The molecule has 0 aliphatic rings. The first-order chi connectivity index (χ1) is 6.86. The Hall–Kier alpha value is -0.710. The molecule has 0 aromatic rings. The van der Waals surface area contributed by atoms with Crippen LogP contribution in [-0.2, 0) is 25.1 Å². The van der Waals surface area contributed by atoms with Crippen LogP contribution in [0.3, 0.4) is 0 Å². The summed E-state index contributed by atoms with van der Waals surface area (Å²) in [5.41, 5.74) is -1.19. The van der Waals surface area contributed by atoms with Crippen LogP contribution in [0.5, 0.6) is 0 Å². The highest BCUT2D eigenvalue weighted by atomic mass is 32.2. The lowest BCUT2D eigenvalue weighted by Crippen LogP contribution is -2.38. The first-order valence-electron chi connectivity index (χ1n) is 4.91. The first kappa shape index (κ1) is 14.3. The molecule has 0 N–H and O–H groups in total. The molecule has 4 nitrogen and oxygen atoms in total. The molecule has 0 aromatic heterocycles. The van der Waals surface area contributed by atoms with Gasteiger partial charge in [-0.15, -0.1) is 0 Å². The Kier molecular flexibility index (Phi) is 5.72. The number of Topliss-reactive ketones (excluding diaryl/α,β-unsaturated/α-hetero) is 1. The van der Waals surface area contributed by atoms with Gasteiger partial charge in [0.1, 0.15) is 5.41 Å². The van der Waals surface area contributed by atoms with E-state index in [4.69, 9.17) is 4.74 Å². The van der Waals surface area contributed by atoms with Crippen molar-refractivity contribution in [1.82, 2.24) is 0 Å². The molecule has 0 rings (SSSR count). The third kappa shape index (κ3) is 4.11. The highest BCUT2D eigenvalue weighted by Gasteiger charge is 2.37. The average molecular weight is 234 g/mol. The van der Waals surface area contributed by atoms with E-state index in [9.17, 15) is 13.8 Å². The number of ether oxygens (including phenoxy) is 1. The fourth-order valence-corrected chi connectivity index (χ4v) is 1.71. The molecule has 0 amide bonds. The molecule has 0 aliphatic heterocycles. The number of carbonyl (C=O) groups excluding carboxylic acids is 2. The zero-order chi connectivity index (χ0) is 12.1. The summed E-state index contributed by atoms with van der Waals surface area (Å²) in [6.07, 6.45) is 0. The summed E-state index contributed by atoms with van der Waals surface area (Å²) in [6, 6.07) is 0. The molecule has 5 heteroatoms. The van der Waals surface area contributed by atoms with Gasteiger partial charge in [0.2, 0.25) is 0 Å². The minimum Gasteiger partial charge on any atom is -0.465 e. The zero-order valence-electron chi connectivity index (χ0n) is 9.66. The van der Waals surface area contributed by atoms with Crippen LogP contribution in [0.25, 0.3) is 0 Å². The highest BCUT2D eigenvalue weighted by molar-refractivity contribution is 7.85. The summed E-state index contributed by atoms with van der Waals surface area (Å²) in [4.78, 5) is 23.1. The Balaban J connectivity index is 4.51. The Morgan fingerprint density at radius 3 is 2.20 bits per heavy atom. The molecule has 0 heterocycles. The van der Waals surface area contributed by atoms with E-state index in [1.165, 1.54) is 13.8 Å². The van der Waals surface area contributed by atoms with Gasteiger partial charge in [-0.25, -0.2) is 0 Å². The van der Waals surface area contributed by atoms with Crippen molar-refractivity contribution in [2.24, 2.45) is 5.41 Å². The molecular weight excluding hydrogens is 216 g/mol. The van der Waals surface area contributed by atoms with E-state index < -0.39 is 22.2 Å². The number of ketones is 1. The highest BCUT2D eigenvalue weighted by Crippen LogP contribution is 2.19. The fraction of sp³-hybridized carbons (Fsp3) is 0.800. The van der Waals surface area contributed by atoms with Crippen LogP contribution in [0.4, 0.5) is 0 Å². The van der Waals surface area contributed by atoms with E-state index in [1.54, 1.807) is 13.8 Å². The maximum Gasteiger partial charge on any atom is 0.319 e. The summed E-state index contributed by atoms with van der Waals surface area (Å²) in [5.74, 6) is -0.545. The molecule has 0 spiro atoms. The molecule has 0 saturated heterocycles. The summed E-state index contributed by atoms with van der Waals surface area (Å²) >= 11 is 0. The smallest absolute Gasteiger partial charge is 0.319 e. The van der Waals surface area contributed by atoms with E-state index >= 15 is 0 Å². The predicted molar refractivity (Wildman–Crippen MR) is 59.0 cm³/mol. The summed E-state index contributed by atoms with van der Waals surface area (Å²) < 4.78 is 16.0. The van der Waals surface area contributed by atoms with Gasteiger partial charge in [-0.1, -0.05) is 6.92 Å². The van der Waals surface area contributed by atoms with Gasteiger partial charge in [-0.3, -0.25) is 13.8 Å². The predicted octanol–water partition coefficient (Wildman–Crippen LogP) is 0.913. The van der Waals surface area contributed by atoms with Crippen molar-refractivity contribution in [3.8, 4) is 0 Å². The van der Waals surface area contributed by atoms with Gasteiger partial charge >= 0.3 is 5.97 Å². The van der Waals surface area contributed by atoms with E-state index in [-0.39, 0.29) is 18.1 Å². The van der Waals surface area contributed by atoms with Crippen LogP contribution >= 0.6 is 0 Å². The Labute approximate surface area is 92.8 Å². The molecule has 1 unspecified atom stereocenters. The number of carbonyl (C=O) groups is 2. The van der Waals surface area contributed by atoms with Crippen LogP contribution in [0, 0.1) is 5.41 Å². The molecule has 0 bridgehead atoms. The average Bonchev–Trinajstić information content (AvgIpc) is 2.17. The van der Waals surface area contributed by atoms with Crippen molar-refractivity contribution in [1.29, 1.82) is 0 Å². The van der Waals surface area contributed by atoms with Crippen molar-refractivity contribution in [3.63, 3.8) is 0 Å². The second kappa shape index (κ2) is 6.00. The van der Waals surface area contributed by atoms with Crippen LogP contribution in [0.15, 0.2) is 0 Å². The SMILES string of the molecule is CCOC(=O)C(C)(C)C(=O)CS(=O)CC. The standard InChI is InChI=1S/C10H18O4S/c1-5-14-9(12)10(3,4)8(11)7-15(13)6-2/h5-7H2,1-4H3. The lowest BCUT2D eigenvalue weighted by Gasteiger charge is -2.20. The molecule has 0 radical (unpaired) electrons. The topological polar surface area (TPSA) is 60.4 Å². The lowest BCUT2D eigenvalue weighted by molar-refractivity contribution is -0.157. The fourth-order valence-electron chi connectivity index (χ4n) is 0.854. The van der Waals surface area contributed by atoms with Gasteiger partial charge < -0.3 is 4.74 Å². The maximum atomic E-state index is 11.7. The Morgan fingerprint density at radius 1 is 1.27 bits per heavy atom. The second-order valence-electron chi connectivity index (χ2n) is 3.64. The van der Waals surface area contributed by atoms with Crippen LogP contribution in [-0.4, -0.2) is 34.1 Å². The Bertz CT molecular complexity index is 271. The lowest BCUT2D eigenvalue weighted by atomic mass is 9.89. The molecule has 0 saturated carbocycles. The second-order valence-corrected chi connectivity index (χ2v) is 5.39. The molecule has 15 heavy (non-hydrogen) atoms. The zero-order valence-corrected chi connectivity index (χ0v) is 10.5. The van der Waals surface area contributed by atoms with Crippen LogP contribution < -0.4 is 0 Å². The molecule has 1 atom stereocenters. The van der Waals surface area contributed by atoms with Gasteiger partial charge in [0.05, 0.1) is 12.4 Å². The largest absolute Gasteiger partial charge is 0.465 e. The number of rotatable bonds is 6. The van der Waals surface area contributed by atoms with Gasteiger partial charge in [0.25, 0.3) is 0 Å². The van der Waals surface area contributed by atoms with Crippen molar-refractivity contribution < 1.29 is 18.5 Å². The monoisotopic (exact) mass is 234 g/mol. The molecule has 0 aliphatic carbocycles. The molecular formula is C10H18O4S. The van der Waals surface area contributed by atoms with E-state index in [0.717, 1.165) is 0 Å². The Morgan fingerprint density at radius 2 is 1.80 bits per heavy atom. The molecule has 0 aromatic carbocycles. The van der Waals surface area contributed by atoms with Gasteiger partial charge in [-0.2, -0.15) is 0 Å². The van der Waals surface area contributed by atoms with Gasteiger partial charge in [-0.05, 0) is 20.8 Å². The minimum atomic E-state index is -1.19. The van der Waals surface area contributed by atoms with E-state index in [2.05, 4.69) is 0 Å². The van der Waals surface area contributed by atoms with Crippen molar-refractivity contribution in [3.05, 3.63) is 0 Å². The van der Waals surface area contributed by atoms with Crippen LogP contribution in [0.1, 0.15) is 27.7 Å². The third-order valence-electron chi connectivity index (χ3n) is 2.10. The van der Waals surface area contributed by atoms with E-state index in [1.807, 2.05) is 0 Å². The number of hydrogen-bond acceptors (Lipinski definition) is 4. The normalized spacial score (nSPS) is 13.3. The number of esters is 1. The summed E-state index contributed by atoms with van der Waals surface area (Å²) in [7, 11) is -1.18. The van der Waals surface area contributed by atoms with Gasteiger partial charge in [0, 0.05) is 16.6 Å². The molecule has 88 valence electrons. The summed E-state index contributed by atoms with van der Waals surface area (Å²) in [6.45, 7) is 6.66. The van der Waals surface area contributed by atoms with E-state index in [0.29, 0.717) is 5.75 Å². The minimum absolute atomic E-state index is 0.0810. The molecule has 0 fully saturated rings. The quantitative estimate of drug-likeness (QED) is 0.506. The first-order valence-corrected chi connectivity index (χ1v) is 6.40. The third-order valence-corrected chi connectivity index (χ3v) is 3.33.